The van der Waals surface area contributed by atoms with Crippen molar-refractivity contribution in [3.63, 3.8) is 0 Å². The second kappa shape index (κ2) is 6.35. The van der Waals surface area contributed by atoms with E-state index in [9.17, 15) is 9.59 Å². The van der Waals surface area contributed by atoms with Crippen LogP contribution in [-0.4, -0.2) is 71.5 Å². The number of morpholine rings is 1. The van der Waals surface area contributed by atoms with Crippen molar-refractivity contribution in [2.45, 2.75) is 37.0 Å². The summed E-state index contributed by atoms with van der Waals surface area (Å²) in [5, 5.41) is 0.613. The number of hydrogen-bond donors (Lipinski definition) is 0. The Morgan fingerprint density at radius 2 is 2.15 bits per heavy atom. The van der Waals surface area contributed by atoms with Gasteiger partial charge in [-0.25, -0.2) is 0 Å². The summed E-state index contributed by atoms with van der Waals surface area (Å²) in [7, 11) is 0. The van der Waals surface area contributed by atoms with E-state index in [1.807, 2.05) is 16.7 Å². The van der Waals surface area contributed by atoms with E-state index in [1.54, 1.807) is 4.90 Å². The molecule has 2 atom stereocenters. The highest BCUT2D eigenvalue weighted by Crippen LogP contribution is 2.35. The van der Waals surface area contributed by atoms with Crippen molar-refractivity contribution in [3.8, 4) is 0 Å². The third-order valence-electron chi connectivity index (χ3n) is 4.46. The number of nitrogens with zero attached hydrogens (tertiary/aromatic N) is 2. The van der Waals surface area contributed by atoms with Gasteiger partial charge in [-0.15, -0.1) is 0 Å². The van der Waals surface area contributed by atoms with Gasteiger partial charge < -0.3 is 14.5 Å². The largest absolute Gasteiger partial charge is 0.370 e. The summed E-state index contributed by atoms with van der Waals surface area (Å²) < 4.78 is 5.11. The number of hydrogen-bond acceptors (Lipinski definition) is 4. The Hall–Kier alpha value is -0.750. The van der Waals surface area contributed by atoms with Crippen molar-refractivity contribution in [2.75, 3.05) is 38.6 Å². The van der Waals surface area contributed by atoms with Gasteiger partial charge in [0, 0.05) is 30.1 Å². The summed E-state index contributed by atoms with van der Waals surface area (Å²) >= 11 is 2.02. The molecule has 2 aliphatic heterocycles. The van der Waals surface area contributed by atoms with Crippen LogP contribution in [0.5, 0.6) is 0 Å². The van der Waals surface area contributed by atoms with Crippen molar-refractivity contribution in [2.24, 2.45) is 0 Å². The highest BCUT2D eigenvalue weighted by Gasteiger charge is 2.37. The van der Waals surface area contributed by atoms with Gasteiger partial charge in [-0.3, -0.25) is 9.59 Å². The first kappa shape index (κ1) is 14.2. The van der Waals surface area contributed by atoms with Crippen molar-refractivity contribution < 1.29 is 14.3 Å². The Balaban J connectivity index is 1.61. The highest BCUT2D eigenvalue weighted by atomic mass is 32.2. The molecule has 1 saturated carbocycles. The quantitative estimate of drug-likeness (QED) is 0.754. The van der Waals surface area contributed by atoms with Gasteiger partial charge in [0.1, 0.15) is 6.61 Å². The van der Waals surface area contributed by atoms with Crippen LogP contribution in [0.3, 0.4) is 0 Å². The van der Waals surface area contributed by atoms with Crippen LogP contribution in [0.1, 0.15) is 25.7 Å². The molecule has 3 fully saturated rings. The number of carbonyl (C=O) groups is 2. The maximum atomic E-state index is 12.5. The second-order valence-electron chi connectivity index (χ2n) is 5.72. The topological polar surface area (TPSA) is 49.9 Å². The number of fused-ring (bicyclic) bond motifs is 1. The third-order valence-corrected chi connectivity index (χ3v) is 5.86. The van der Waals surface area contributed by atoms with E-state index >= 15 is 0 Å². The second-order valence-corrected chi connectivity index (χ2v) is 7.06. The Morgan fingerprint density at radius 1 is 1.30 bits per heavy atom. The molecule has 1 aliphatic carbocycles. The molecule has 0 N–H and O–H groups in total. The predicted octanol–water partition coefficient (Wildman–Crippen LogP) is 0.732. The van der Waals surface area contributed by atoms with E-state index in [0.29, 0.717) is 24.4 Å². The van der Waals surface area contributed by atoms with E-state index in [0.717, 1.165) is 18.7 Å². The fourth-order valence-electron chi connectivity index (χ4n) is 3.38. The summed E-state index contributed by atoms with van der Waals surface area (Å²) in [5.74, 6) is 1.10. The minimum atomic E-state index is -0.0591. The number of thioether (sulfide) groups is 1. The average Bonchev–Trinajstić information content (AvgIpc) is 2.49. The van der Waals surface area contributed by atoms with E-state index in [1.165, 1.54) is 19.3 Å². The maximum absolute atomic E-state index is 12.5. The molecular formula is C14H22N2O3S. The Labute approximate surface area is 124 Å². The lowest BCUT2D eigenvalue weighted by atomic mass is 9.93. The minimum Gasteiger partial charge on any atom is -0.370 e. The first-order valence-corrected chi connectivity index (χ1v) is 8.57. The van der Waals surface area contributed by atoms with Crippen LogP contribution in [0.2, 0.25) is 0 Å². The van der Waals surface area contributed by atoms with E-state index < -0.39 is 0 Å². The molecule has 0 aromatic heterocycles. The monoisotopic (exact) mass is 298 g/mol. The predicted molar refractivity (Wildman–Crippen MR) is 77.6 cm³/mol. The standard InChI is InChI=1S/C14H22N2O3S/c17-13(9-15-5-7-19-10-14(15)18)16-6-8-20-12-4-2-1-3-11(12)16/h11-12H,1-10H2/t11-,12+/m0/s1. The number of amides is 2. The normalized spacial score (nSPS) is 31.1. The summed E-state index contributed by atoms with van der Waals surface area (Å²) in [6.07, 6.45) is 4.87. The van der Waals surface area contributed by atoms with Crippen molar-refractivity contribution in [1.82, 2.24) is 9.80 Å². The van der Waals surface area contributed by atoms with Crippen LogP contribution < -0.4 is 0 Å². The van der Waals surface area contributed by atoms with Gasteiger partial charge in [-0.05, 0) is 12.8 Å². The first-order chi connectivity index (χ1) is 9.75. The van der Waals surface area contributed by atoms with Crippen LogP contribution in [0.4, 0.5) is 0 Å². The Bertz CT molecular complexity index is 389. The molecule has 5 nitrogen and oxygen atoms in total. The number of rotatable bonds is 2. The Morgan fingerprint density at radius 3 is 3.00 bits per heavy atom. The molecule has 3 aliphatic rings. The summed E-state index contributed by atoms with van der Waals surface area (Å²) in [4.78, 5) is 28.0. The molecule has 20 heavy (non-hydrogen) atoms. The van der Waals surface area contributed by atoms with Crippen LogP contribution in [0.15, 0.2) is 0 Å². The molecule has 2 heterocycles. The minimum absolute atomic E-state index is 0.0591. The van der Waals surface area contributed by atoms with Crippen LogP contribution in [0, 0.1) is 0 Å². The van der Waals surface area contributed by atoms with E-state index in [4.69, 9.17) is 4.74 Å². The zero-order valence-electron chi connectivity index (χ0n) is 11.8. The molecule has 0 unspecified atom stereocenters. The van der Waals surface area contributed by atoms with Crippen molar-refractivity contribution >= 4 is 23.6 Å². The highest BCUT2D eigenvalue weighted by molar-refractivity contribution is 8.00. The van der Waals surface area contributed by atoms with Gasteiger partial charge in [-0.2, -0.15) is 11.8 Å². The molecule has 0 spiro atoms. The van der Waals surface area contributed by atoms with Crippen LogP contribution in [-0.2, 0) is 14.3 Å². The van der Waals surface area contributed by atoms with Crippen molar-refractivity contribution in [1.29, 1.82) is 0 Å². The molecule has 0 aromatic rings. The van der Waals surface area contributed by atoms with Gasteiger partial charge in [-0.1, -0.05) is 12.8 Å². The molecule has 0 aromatic carbocycles. The number of ether oxygens (including phenoxy) is 1. The summed E-state index contributed by atoms with van der Waals surface area (Å²) in [6.45, 7) is 2.27. The first-order valence-electron chi connectivity index (χ1n) is 7.52. The molecule has 6 heteroatoms. The molecule has 2 amide bonds. The average molecular weight is 298 g/mol. The van der Waals surface area contributed by atoms with Gasteiger partial charge in [0.05, 0.1) is 13.2 Å². The molecule has 0 radical (unpaired) electrons. The summed E-state index contributed by atoms with van der Waals surface area (Å²) in [6, 6.07) is 0.395. The summed E-state index contributed by atoms with van der Waals surface area (Å²) in [5.41, 5.74) is 0. The van der Waals surface area contributed by atoms with Crippen molar-refractivity contribution in [3.05, 3.63) is 0 Å². The SMILES string of the molecule is O=C1COCCN1CC(=O)N1CCS[C@@H]2CCCC[C@@H]21. The number of carbonyl (C=O) groups excluding carboxylic acids is 2. The molecule has 112 valence electrons. The third kappa shape index (κ3) is 2.96. The van der Waals surface area contributed by atoms with Gasteiger partial charge in [0.25, 0.3) is 0 Å². The lowest BCUT2D eigenvalue weighted by Gasteiger charge is -2.44. The molecular weight excluding hydrogens is 276 g/mol. The zero-order chi connectivity index (χ0) is 13.9. The molecule has 3 rings (SSSR count). The van der Waals surface area contributed by atoms with E-state index in [-0.39, 0.29) is 25.0 Å². The smallest absolute Gasteiger partial charge is 0.249 e. The van der Waals surface area contributed by atoms with Gasteiger partial charge in [0.15, 0.2) is 0 Å². The maximum Gasteiger partial charge on any atom is 0.249 e. The zero-order valence-corrected chi connectivity index (χ0v) is 12.6. The lowest BCUT2D eigenvalue weighted by Crippen LogP contribution is -2.55. The van der Waals surface area contributed by atoms with E-state index in [2.05, 4.69) is 0 Å². The molecule has 0 bridgehead atoms. The molecule has 2 saturated heterocycles. The van der Waals surface area contributed by atoms with Gasteiger partial charge in [0.2, 0.25) is 11.8 Å². The Kier molecular flexibility index (Phi) is 4.51. The van der Waals surface area contributed by atoms with Gasteiger partial charge >= 0.3 is 0 Å². The fourth-order valence-corrected chi connectivity index (χ4v) is 4.82. The fraction of sp³-hybridized carbons (Fsp3) is 0.857. The lowest BCUT2D eigenvalue weighted by molar-refractivity contribution is -0.149. The van der Waals surface area contributed by atoms with Crippen LogP contribution in [0.25, 0.3) is 0 Å². The van der Waals surface area contributed by atoms with Crippen LogP contribution >= 0.6 is 11.8 Å².